The number of rotatable bonds is 6. The summed E-state index contributed by atoms with van der Waals surface area (Å²) in [6.07, 6.45) is -1.35. The van der Waals surface area contributed by atoms with Crippen LogP contribution in [0.1, 0.15) is 47.8 Å². The largest absolute Gasteiger partial charge is 0.414 e. The van der Waals surface area contributed by atoms with Crippen molar-refractivity contribution in [3.05, 3.63) is 11.1 Å². The SMILES string of the molecule is CC(C)(C)[Si](C)(C)OC[C@H]1O[C@@H](n2c(Br)nc3c(N)ncnc32)[C@H](O)[C@@H]1O[Si](C)(C)C(C)(C)C. The Kier molecular flexibility index (Phi) is 7.49. The van der Waals surface area contributed by atoms with Gasteiger partial charge >= 0.3 is 0 Å². The van der Waals surface area contributed by atoms with Gasteiger partial charge in [0.2, 0.25) is 0 Å². The van der Waals surface area contributed by atoms with Crippen LogP contribution in [0.15, 0.2) is 11.1 Å². The Hall–Kier alpha value is -0.896. The minimum atomic E-state index is -2.22. The zero-order chi connectivity index (χ0) is 25.9. The third kappa shape index (κ3) is 5.13. The number of hydrogen-bond donors (Lipinski definition) is 2. The predicted molar refractivity (Wildman–Crippen MR) is 143 cm³/mol. The average molecular weight is 575 g/mol. The normalized spacial score (nSPS) is 24.8. The summed E-state index contributed by atoms with van der Waals surface area (Å²) >= 11 is 3.49. The lowest BCUT2D eigenvalue weighted by atomic mass is 10.1. The topological polar surface area (TPSA) is 118 Å². The Morgan fingerprint density at radius 1 is 1.09 bits per heavy atom. The lowest BCUT2D eigenvalue weighted by Crippen LogP contribution is -2.51. The Balaban J connectivity index is 1.99. The number of fused-ring (bicyclic) bond motifs is 1. The van der Waals surface area contributed by atoms with E-state index in [2.05, 4.69) is 98.6 Å². The number of aromatic nitrogens is 4. The van der Waals surface area contributed by atoms with Crippen LogP contribution in [-0.2, 0) is 13.6 Å². The van der Waals surface area contributed by atoms with E-state index in [0.717, 1.165) is 0 Å². The van der Waals surface area contributed by atoms with E-state index >= 15 is 0 Å². The zero-order valence-corrected chi connectivity index (χ0v) is 25.6. The number of anilines is 1. The molecule has 192 valence electrons. The first-order valence-corrected chi connectivity index (χ1v) is 18.3. The number of ether oxygens (including phenoxy) is 1. The number of aliphatic hydroxyl groups is 1. The molecule has 1 fully saturated rings. The number of nitrogens with two attached hydrogens (primary N) is 1. The molecule has 34 heavy (non-hydrogen) atoms. The van der Waals surface area contributed by atoms with Crippen molar-refractivity contribution in [3.8, 4) is 0 Å². The maximum atomic E-state index is 11.5. The van der Waals surface area contributed by atoms with Crippen molar-refractivity contribution in [3.63, 3.8) is 0 Å². The molecule has 0 amide bonds. The maximum Gasteiger partial charge on any atom is 0.192 e. The van der Waals surface area contributed by atoms with Crippen LogP contribution >= 0.6 is 15.9 Å². The molecule has 3 N–H and O–H groups in total. The van der Waals surface area contributed by atoms with Crippen LogP contribution in [-0.4, -0.2) is 66.2 Å². The average Bonchev–Trinajstić information content (AvgIpc) is 3.16. The van der Waals surface area contributed by atoms with Crippen LogP contribution in [0.25, 0.3) is 11.2 Å². The van der Waals surface area contributed by atoms with Crippen molar-refractivity contribution in [1.82, 2.24) is 19.5 Å². The van der Waals surface area contributed by atoms with Gasteiger partial charge in [-0.1, -0.05) is 41.5 Å². The molecule has 0 spiro atoms. The fourth-order valence-corrected chi connectivity index (χ4v) is 6.25. The van der Waals surface area contributed by atoms with Gasteiger partial charge in [0.05, 0.1) is 6.61 Å². The number of nitrogens with zero attached hydrogens (tertiary/aromatic N) is 4. The van der Waals surface area contributed by atoms with E-state index in [1.807, 2.05) is 0 Å². The fourth-order valence-electron chi connectivity index (χ4n) is 3.36. The molecule has 3 rings (SSSR count). The van der Waals surface area contributed by atoms with Gasteiger partial charge < -0.3 is 24.4 Å². The molecular formula is C22H40BrN5O4Si2. The Bertz CT molecular complexity index is 1030. The van der Waals surface area contributed by atoms with E-state index in [0.29, 0.717) is 22.5 Å². The molecular weight excluding hydrogens is 534 g/mol. The second-order valence-corrected chi connectivity index (χ2v) is 22.4. The van der Waals surface area contributed by atoms with Crippen LogP contribution in [0.5, 0.6) is 0 Å². The van der Waals surface area contributed by atoms with Gasteiger partial charge in [-0.3, -0.25) is 4.57 Å². The highest BCUT2D eigenvalue weighted by Crippen LogP contribution is 2.43. The standard InChI is InChI=1S/C22H40BrN5O4Si2/c1-21(2,3)33(7,8)30-11-13-16(32-34(9,10)22(4,5)6)15(29)19(31-13)28-18-14(27-20(28)23)17(24)25-12-26-18/h12-13,15-16,19,29H,11H2,1-10H3,(H2,24,25,26)/t13-,15-,16-,19-/m1/s1. The summed E-state index contributed by atoms with van der Waals surface area (Å²) in [4.78, 5) is 12.8. The van der Waals surface area contributed by atoms with E-state index in [1.165, 1.54) is 6.33 Å². The molecule has 0 unspecified atom stereocenters. The van der Waals surface area contributed by atoms with Crippen LogP contribution in [0, 0.1) is 0 Å². The molecule has 0 aliphatic carbocycles. The summed E-state index contributed by atoms with van der Waals surface area (Å²) in [5, 5.41) is 11.6. The van der Waals surface area contributed by atoms with E-state index in [1.54, 1.807) is 4.57 Å². The molecule has 1 aliphatic heterocycles. The molecule has 2 aromatic heterocycles. The van der Waals surface area contributed by atoms with E-state index in [4.69, 9.17) is 19.3 Å². The van der Waals surface area contributed by atoms with Crippen molar-refractivity contribution in [2.24, 2.45) is 0 Å². The number of nitrogen functional groups attached to an aromatic ring is 1. The monoisotopic (exact) mass is 573 g/mol. The number of imidazole rings is 1. The maximum absolute atomic E-state index is 11.5. The number of halogens is 1. The fraction of sp³-hybridized carbons (Fsp3) is 0.773. The van der Waals surface area contributed by atoms with Crippen molar-refractivity contribution >= 4 is 49.5 Å². The number of hydrogen-bond acceptors (Lipinski definition) is 8. The summed E-state index contributed by atoms with van der Waals surface area (Å²) in [5.41, 5.74) is 6.95. The zero-order valence-electron chi connectivity index (χ0n) is 22.0. The molecule has 3 heterocycles. The summed E-state index contributed by atoms with van der Waals surface area (Å²) in [5.74, 6) is 0.267. The minimum absolute atomic E-state index is 0.0282. The quantitative estimate of drug-likeness (QED) is 0.372. The van der Waals surface area contributed by atoms with Crippen molar-refractivity contribution in [1.29, 1.82) is 0 Å². The Labute approximate surface area is 213 Å². The molecule has 0 radical (unpaired) electrons. The predicted octanol–water partition coefficient (Wildman–Crippen LogP) is 4.84. The molecule has 9 nitrogen and oxygen atoms in total. The highest BCUT2D eigenvalue weighted by molar-refractivity contribution is 9.10. The number of aliphatic hydroxyl groups excluding tert-OH is 1. The van der Waals surface area contributed by atoms with Gasteiger partial charge in [0.1, 0.15) is 24.6 Å². The smallest absolute Gasteiger partial charge is 0.192 e. The molecule has 0 saturated carbocycles. The second kappa shape index (κ2) is 9.20. The first-order chi connectivity index (χ1) is 15.4. The van der Waals surface area contributed by atoms with Crippen LogP contribution in [0.4, 0.5) is 5.82 Å². The molecule has 0 bridgehead atoms. The lowest BCUT2D eigenvalue weighted by molar-refractivity contribution is -0.0498. The summed E-state index contributed by atoms with van der Waals surface area (Å²) < 4.78 is 21.9. The van der Waals surface area contributed by atoms with Gasteiger partial charge in [-0.2, -0.15) is 0 Å². The summed E-state index contributed by atoms with van der Waals surface area (Å²) in [6.45, 7) is 22.3. The molecule has 1 aliphatic rings. The van der Waals surface area contributed by atoms with Crippen molar-refractivity contribution in [2.45, 2.75) is 102 Å². The molecule has 1 saturated heterocycles. The van der Waals surface area contributed by atoms with Gasteiger partial charge in [0, 0.05) is 0 Å². The first kappa shape index (κ1) is 27.7. The van der Waals surface area contributed by atoms with Crippen LogP contribution in [0.2, 0.25) is 36.3 Å². The third-order valence-corrected chi connectivity index (χ3v) is 17.2. The lowest BCUT2D eigenvalue weighted by Gasteiger charge is -2.41. The molecule has 12 heteroatoms. The highest BCUT2D eigenvalue weighted by atomic mass is 79.9. The molecule has 2 aromatic rings. The van der Waals surface area contributed by atoms with Crippen molar-refractivity contribution < 1.29 is 18.7 Å². The van der Waals surface area contributed by atoms with E-state index in [-0.39, 0.29) is 15.9 Å². The molecule has 0 aromatic carbocycles. The summed E-state index contributed by atoms with van der Waals surface area (Å²) in [7, 11) is -4.26. The summed E-state index contributed by atoms with van der Waals surface area (Å²) in [6, 6.07) is 0. The molecule has 4 atom stereocenters. The van der Waals surface area contributed by atoms with E-state index < -0.39 is 41.2 Å². The van der Waals surface area contributed by atoms with Gasteiger partial charge in [0.15, 0.2) is 44.6 Å². The van der Waals surface area contributed by atoms with Gasteiger partial charge in [-0.15, -0.1) is 0 Å². The van der Waals surface area contributed by atoms with Crippen LogP contribution in [0.3, 0.4) is 0 Å². The first-order valence-electron chi connectivity index (χ1n) is 11.7. The highest BCUT2D eigenvalue weighted by Gasteiger charge is 2.52. The van der Waals surface area contributed by atoms with Crippen LogP contribution < -0.4 is 5.73 Å². The Morgan fingerprint density at radius 3 is 2.24 bits per heavy atom. The third-order valence-electron chi connectivity index (χ3n) is 7.68. The van der Waals surface area contributed by atoms with E-state index in [9.17, 15) is 5.11 Å². The van der Waals surface area contributed by atoms with Gasteiger partial charge in [0.25, 0.3) is 0 Å². The second-order valence-electron chi connectivity index (χ2n) is 12.2. The Morgan fingerprint density at radius 2 is 1.68 bits per heavy atom. The minimum Gasteiger partial charge on any atom is -0.414 e. The van der Waals surface area contributed by atoms with Gasteiger partial charge in [-0.05, 0) is 52.2 Å². The van der Waals surface area contributed by atoms with Crippen molar-refractivity contribution in [2.75, 3.05) is 12.3 Å². The van der Waals surface area contributed by atoms with Gasteiger partial charge in [-0.25, -0.2) is 15.0 Å².